The van der Waals surface area contributed by atoms with Crippen LogP contribution in [0.25, 0.3) is 0 Å². The van der Waals surface area contributed by atoms with Gasteiger partial charge in [-0.25, -0.2) is 4.79 Å². The largest absolute Gasteiger partial charge is 0.493 e. The molecule has 144 valence electrons. The average molecular weight is 379 g/mol. The molecule has 0 N–H and O–H groups in total. The molecule has 1 atom stereocenters. The van der Waals surface area contributed by atoms with Crippen LogP contribution in [0.2, 0.25) is 0 Å². The molecule has 0 saturated carbocycles. The number of alkyl halides is 2. The summed E-state index contributed by atoms with van der Waals surface area (Å²) in [7, 11) is 4.35. The first kappa shape index (κ1) is 20.2. The summed E-state index contributed by atoms with van der Waals surface area (Å²) in [5.41, 5.74) is 0.537. The Labute approximate surface area is 155 Å². The molecule has 8 heteroatoms. The van der Waals surface area contributed by atoms with Crippen LogP contribution in [-0.4, -0.2) is 44.6 Å². The molecule has 0 aliphatic rings. The maximum Gasteiger partial charge on any atom is 0.387 e. The van der Waals surface area contributed by atoms with Crippen molar-refractivity contribution < 1.29 is 32.6 Å². The van der Waals surface area contributed by atoms with Crippen LogP contribution in [-0.2, 0) is 9.53 Å². The van der Waals surface area contributed by atoms with E-state index in [1.165, 1.54) is 30.2 Å². The topological polar surface area (TPSA) is 65.1 Å². The normalized spacial score (nSPS) is 11.6. The Balaban J connectivity index is 2.28. The van der Waals surface area contributed by atoms with Crippen molar-refractivity contribution in [2.24, 2.45) is 0 Å². The van der Waals surface area contributed by atoms with Crippen LogP contribution in [0.15, 0.2) is 48.5 Å². The Morgan fingerprint density at radius 1 is 1.00 bits per heavy atom. The van der Waals surface area contributed by atoms with Crippen LogP contribution in [0, 0.1) is 0 Å². The smallest absolute Gasteiger partial charge is 0.387 e. The first-order valence-corrected chi connectivity index (χ1v) is 7.93. The highest BCUT2D eigenvalue weighted by Crippen LogP contribution is 2.30. The summed E-state index contributed by atoms with van der Waals surface area (Å²) < 4.78 is 39.5. The molecule has 1 amide bonds. The van der Waals surface area contributed by atoms with Crippen molar-refractivity contribution in [1.82, 2.24) is 4.90 Å². The van der Waals surface area contributed by atoms with Crippen LogP contribution >= 0.6 is 0 Å². The summed E-state index contributed by atoms with van der Waals surface area (Å²) in [5.74, 6) is -1.49. The van der Waals surface area contributed by atoms with E-state index >= 15 is 0 Å². The van der Waals surface area contributed by atoms with Crippen molar-refractivity contribution in [3.05, 3.63) is 59.7 Å². The van der Waals surface area contributed by atoms with Gasteiger partial charge in [-0.15, -0.1) is 0 Å². The maximum atomic E-state index is 12.5. The minimum absolute atomic E-state index is 0.0287. The standard InChI is InChI=1S/C19H19F2NO5/c1-22(2)17(23)16(12-7-5-4-6-8-12)27-18(24)13-9-10-14(26-19(20)21)15(11-13)25-3/h4-11,16,19H,1-3H3/t16-/m0/s1. The molecule has 2 aromatic carbocycles. The van der Waals surface area contributed by atoms with Gasteiger partial charge in [-0.2, -0.15) is 8.78 Å². The Kier molecular flexibility index (Phi) is 6.70. The SMILES string of the molecule is COc1cc(C(=O)O[C@H](C(=O)N(C)C)c2ccccc2)ccc1OC(F)F. The monoisotopic (exact) mass is 379 g/mol. The first-order valence-electron chi connectivity index (χ1n) is 7.93. The summed E-state index contributed by atoms with van der Waals surface area (Å²) in [6.07, 6.45) is -1.14. The van der Waals surface area contributed by atoms with Crippen molar-refractivity contribution >= 4 is 11.9 Å². The highest BCUT2D eigenvalue weighted by molar-refractivity contribution is 5.93. The van der Waals surface area contributed by atoms with Crippen molar-refractivity contribution in [3.8, 4) is 11.5 Å². The van der Waals surface area contributed by atoms with Gasteiger partial charge in [0.25, 0.3) is 5.91 Å². The van der Waals surface area contributed by atoms with Gasteiger partial charge in [0, 0.05) is 19.7 Å². The molecule has 27 heavy (non-hydrogen) atoms. The zero-order valence-corrected chi connectivity index (χ0v) is 15.0. The van der Waals surface area contributed by atoms with Gasteiger partial charge in [-0.1, -0.05) is 30.3 Å². The third-order valence-corrected chi connectivity index (χ3v) is 3.61. The molecule has 2 aromatic rings. The van der Waals surface area contributed by atoms with E-state index in [-0.39, 0.29) is 17.1 Å². The van der Waals surface area contributed by atoms with E-state index in [4.69, 9.17) is 9.47 Å². The predicted molar refractivity (Wildman–Crippen MR) is 92.9 cm³/mol. The van der Waals surface area contributed by atoms with Gasteiger partial charge >= 0.3 is 12.6 Å². The maximum absolute atomic E-state index is 12.5. The van der Waals surface area contributed by atoms with Crippen molar-refractivity contribution in [1.29, 1.82) is 0 Å². The molecule has 0 aliphatic heterocycles. The van der Waals surface area contributed by atoms with Gasteiger partial charge in [0.1, 0.15) is 0 Å². The molecular weight excluding hydrogens is 360 g/mol. The van der Waals surface area contributed by atoms with Crippen LogP contribution in [0.3, 0.4) is 0 Å². The minimum Gasteiger partial charge on any atom is -0.493 e. The van der Waals surface area contributed by atoms with E-state index in [2.05, 4.69) is 4.74 Å². The quantitative estimate of drug-likeness (QED) is 0.691. The number of rotatable bonds is 7. The van der Waals surface area contributed by atoms with Crippen molar-refractivity contribution in [2.45, 2.75) is 12.7 Å². The zero-order chi connectivity index (χ0) is 20.0. The van der Waals surface area contributed by atoms with Gasteiger partial charge in [0.05, 0.1) is 12.7 Å². The summed E-state index contributed by atoms with van der Waals surface area (Å²) in [6.45, 7) is -3.03. The number of hydrogen-bond acceptors (Lipinski definition) is 5. The third kappa shape index (κ3) is 5.16. The van der Waals surface area contributed by atoms with E-state index in [9.17, 15) is 18.4 Å². The Hall–Kier alpha value is -3.16. The van der Waals surface area contributed by atoms with Crippen LogP contribution in [0.4, 0.5) is 8.78 Å². The highest BCUT2D eigenvalue weighted by Gasteiger charge is 2.27. The molecule has 0 aliphatic carbocycles. The number of nitrogens with zero attached hydrogens (tertiary/aromatic N) is 1. The molecule has 0 fully saturated rings. The van der Waals surface area contributed by atoms with Gasteiger partial charge in [-0.05, 0) is 18.2 Å². The van der Waals surface area contributed by atoms with Crippen LogP contribution in [0.5, 0.6) is 11.5 Å². The number of amides is 1. The lowest BCUT2D eigenvalue weighted by atomic mass is 10.1. The molecule has 0 radical (unpaired) electrons. The van der Waals surface area contributed by atoms with E-state index in [0.717, 1.165) is 0 Å². The van der Waals surface area contributed by atoms with E-state index in [1.54, 1.807) is 44.4 Å². The Morgan fingerprint density at radius 3 is 2.22 bits per heavy atom. The third-order valence-electron chi connectivity index (χ3n) is 3.61. The fourth-order valence-electron chi connectivity index (χ4n) is 2.29. The number of methoxy groups -OCH3 is 1. The molecule has 0 heterocycles. The fraction of sp³-hybridized carbons (Fsp3) is 0.263. The number of carbonyl (C=O) groups is 2. The lowest BCUT2D eigenvalue weighted by molar-refractivity contribution is -0.138. The summed E-state index contributed by atoms with van der Waals surface area (Å²) in [6, 6.07) is 12.2. The van der Waals surface area contributed by atoms with Crippen molar-refractivity contribution in [2.75, 3.05) is 21.2 Å². The number of likely N-dealkylation sites (N-methyl/N-ethyl adjacent to an activating group) is 1. The van der Waals surface area contributed by atoms with Gasteiger partial charge in [0.2, 0.25) is 6.10 Å². The number of halogens is 2. The Morgan fingerprint density at radius 2 is 1.67 bits per heavy atom. The second-order valence-corrected chi connectivity index (χ2v) is 5.67. The molecule has 0 saturated heterocycles. The molecule has 0 spiro atoms. The second-order valence-electron chi connectivity index (χ2n) is 5.67. The van der Waals surface area contributed by atoms with E-state index in [0.29, 0.717) is 5.56 Å². The number of esters is 1. The molecule has 6 nitrogen and oxygen atoms in total. The zero-order valence-electron chi connectivity index (χ0n) is 15.0. The number of carbonyl (C=O) groups excluding carboxylic acids is 2. The fourth-order valence-corrected chi connectivity index (χ4v) is 2.29. The molecular formula is C19H19F2NO5. The van der Waals surface area contributed by atoms with Gasteiger partial charge in [0.15, 0.2) is 11.5 Å². The second kappa shape index (κ2) is 8.98. The summed E-state index contributed by atoms with van der Waals surface area (Å²) >= 11 is 0. The van der Waals surface area contributed by atoms with E-state index in [1.807, 2.05) is 0 Å². The van der Waals surface area contributed by atoms with Gasteiger partial charge in [-0.3, -0.25) is 4.79 Å². The van der Waals surface area contributed by atoms with Crippen LogP contribution in [0.1, 0.15) is 22.0 Å². The summed E-state index contributed by atoms with van der Waals surface area (Å²) in [4.78, 5) is 26.3. The molecule has 0 bridgehead atoms. The van der Waals surface area contributed by atoms with Crippen LogP contribution < -0.4 is 9.47 Å². The number of hydrogen-bond donors (Lipinski definition) is 0. The lowest BCUT2D eigenvalue weighted by Gasteiger charge is -2.21. The van der Waals surface area contributed by atoms with Gasteiger partial charge < -0.3 is 19.1 Å². The molecule has 2 rings (SSSR count). The average Bonchev–Trinajstić information content (AvgIpc) is 2.65. The first-order chi connectivity index (χ1) is 12.8. The highest BCUT2D eigenvalue weighted by atomic mass is 19.3. The Bertz CT molecular complexity index is 796. The van der Waals surface area contributed by atoms with Crippen molar-refractivity contribution in [3.63, 3.8) is 0 Å². The number of ether oxygens (including phenoxy) is 3. The predicted octanol–water partition coefficient (Wildman–Crippen LogP) is 3.28. The molecule has 0 aromatic heterocycles. The summed E-state index contributed by atoms with van der Waals surface area (Å²) in [5, 5.41) is 0. The lowest BCUT2D eigenvalue weighted by Crippen LogP contribution is -2.31. The minimum atomic E-state index is -3.03. The molecule has 0 unspecified atom stereocenters. The number of benzene rings is 2. The van der Waals surface area contributed by atoms with E-state index < -0.39 is 24.6 Å².